The number of guanidine groups is 1. The van der Waals surface area contributed by atoms with E-state index in [4.69, 9.17) is 4.74 Å². The first-order valence-electron chi connectivity index (χ1n) is 8.67. The fourth-order valence-corrected chi connectivity index (χ4v) is 3.90. The molecule has 0 amide bonds. The van der Waals surface area contributed by atoms with E-state index >= 15 is 0 Å². The van der Waals surface area contributed by atoms with Crippen molar-refractivity contribution in [2.45, 2.75) is 25.4 Å². The van der Waals surface area contributed by atoms with Crippen molar-refractivity contribution in [2.24, 2.45) is 4.99 Å². The van der Waals surface area contributed by atoms with Crippen LogP contribution in [-0.2, 0) is 6.54 Å². The van der Waals surface area contributed by atoms with Gasteiger partial charge in [0.25, 0.3) is 0 Å². The third-order valence-electron chi connectivity index (χ3n) is 4.52. The Morgan fingerprint density at radius 2 is 2.00 bits per heavy atom. The molecule has 2 heterocycles. The zero-order chi connectivity index (χ0) is 17.5. The second-order valence-electron chi connectivity index (χ2n) is 6.09. The van der Waals surface area contributed by atoms with Crippen LogP contribution in [0.3, 0.4) is 0 Å². The van der Waals surface area contributed by atoms with Crippen molar-refractivity contribution in [3.63, 3.8) is 0 Å². The Morgan fingerprint density at radius 3 is 2.65 bits per heavy atom. The molecule has 1 aromatic carbocycles. The molecule has 2 aromatic rings. The topological polar surface area (TPSA) is 48.9 Å². The van der Waals surface area contributed by atoms with Crippen LogP contribution in [0.2, 0.25) is 0 Å². The molecule has 1 saturated heterocycles. The summed E-state index contributed by atoms with van der Waals surface area (Å²) >= 11 is 1.82. The summed E-state index contributed by atoms with van der Waals surface area (Å²) in [6, 6.07) is 12.8. The molecule has 3 rings (SSSR count). The number of benzene rings is 1. The number of hydrogen-bond donors (Lipinski definition) is 2. The van der Waals surface area contributed by atoms with Crippen molar-refractivity contribution in [1.29, 1.82) is 0 Å². The molecule has 1 aliphatic rings. The van der Waals surface area contributed by atoms with Crippen molar-refractivity contribution in [3.8, 4) is 5.75 Å². The molecule has 0 unspecified atom stereocenters. The van der Waals surface area contributed by atoms with E-state index in [1.807, 2.05) is 36.6 Å². The van der Waals surface area contributed by atoms with E-state index in [1.165, 1.54) is 5.00 Å². The van der Waals surface area contributed by atoms with Gasteiger partial charge in [-0.1, -0.05) is 18.2 Å². The molecule has 0 aliphatic carbocycles. The van der Waals surface area contributed by atoms with Gasteiger partial charge in [0.05, 0.1) is 12.1 Å². The molecule has 2 N–H and O–H groups in total. The van der Waals surface area contributed by atoms with Crippen LogP contribution in [0, 0.1) is 0 Å². The predicted molar refractivity (Wildman–Crippen MR) is 121 cm³/mol. The highest BCUT2D eigenvalue weighted by Gasteiger charge is 2.20. The molecular weight excluding hydrogens is 459 g/mol. The number of piperidine rings is 1. The van der Waals surface area contributed by atoms with Crippen LogP contribution < -0.4 is 20.3 Å². The zero-order valence-corrected chi connectivity index (χ0v) is 18.4. The Bertz CT molecular complexity index is 685. The number of para-hydroxylation sites is 1. The minimum Gasteiger partial charge on any atom is -0.496 e. The van der Waals surface area contributed by atoms with Gasteiger partial charge in [0, 0.05) is 38.3 Å². The number of anilines is 1. The van der Waals surface area contributed by atoms with Crippen LogP contribution in [0.25, 0.3) is 0 Å². The summed E-state index contributed by atoms with van der Waals surface area (Å²) < 4.78 is 5.40. The summed E-state index contributed by atoms with van der Waals surface area (Å²) in [5, 5.41) is 10.5. The first kappa shape index (κ1) is 20.8. The number of nitrogens with zero attached hydrogens (tertiary/aromatic N) is 2. The van der Waals surface area contributed by atoms with E-state index in [1.54, 1.807) is 7.11 Å². The second-order valence-corrected chi connectivity index (χ2v) is 7.02. The van der Waals surface area contributed by atoms with Gasteiger partial charge in [-0.25, -0.2) is 0 Å². The number of thiophene rings is 1. The van der Waals surface area contributed by atoms with Crippen LogP contribution in [0.5, 0.6) is 5.75 Å². The largest absolute Gasteiger partial charge is 0.496 e. The van der Waals surface area contributed by atoms with Crippen LogP contribution in [-0.4, -0.2) is 39.2 Å². The molecule has 1 aliphatic heterocycles. The summed E-state index contributed by atoms with van der Waals surface area (Å²) in [6.45, 7) is 2.86. The van der Waals surface area contributed by atoms with Crippen LogP contribution in [0.4, 0.5) is 5.00 Å². The standard InChI is InChI=1S/C19H26N4OS.HI/c1-20-19(21-14-15-6-3-4-7-17(15)24-2)22-16-9-11-23(12-10-16)18-8-5-13-25-18;/h3-8,13,16H,9-12,14H2,1-2H3,(H2,20,21,22);1H. The molecule has 0 saturated carbocycles. The number of rotatable bonds is 5. The van der Waals surface area contributed by atoms with E-state index in [9.17, 15) is 0 Å². The monoisotopic (exact) mass is 486 g/mol. The van der Waals surface area contributed by atoms with E-state index < -0.39 is 0 Å². The molecule has 0 bridgehead atoms. The Kier molecular flexibility index (Phi) is 8.50. The fraction of sp³-hybridized carbons (Fsp3) is 0.421. The van der Waals surface area contributed by atoms with Gasteiger partial charge in [-0.3, -0.25) is 4.99 Å². The predicted octanol–water partition coefficient (Wildman–Crippen LogP) is 3.71. The van der Waals surface area contributed by atoms with Gasteiger partial charge >= 0.3 is 0 Å². The molecular formula is C19H27IN4OS. The van der Waals surface area contributed by atoms with E-state index in [-0.39, 0.29) is 24.0 Å². The third kappa shape index (κ3) is 5.51. The lowest BCUT2D eigenvalue weighted by atomic mass is 10.1. The summed E-state index contributed by atoms with van der Waals surface area (Å²) in [4.78, 5) is 6.83. The Balaban J connectivity index is 0.00000243. The number of halogens is 1. The zero-order valence-electron chi connectivity index (χ0n) is 15.3. The quantitative estimate of drug-likeness (QED) is 0.385. The van der Waals surface area contributed by atoms with Crippen molar-refractivity contribution >= 4 is 46.3 Å². The average molecular weight is 486 g/mol. The van der Waals surface area contributed by atoms with E-state index in [0.717, 1.165) is 43.2 Å². The molecule has 1 fully saturated rings. The molecule has 1 aromatic heterocycles. The van der Waals surface area contributed by atoms with Crippen LogP contribution in [0.15, 0.2) is 46.8 Å². The average Bonchev–Trinajstić information content (AvgIpc) is 3.20. The van der Waals surface area contributed by atoms with E-state index in [0.29, 0.717) is 12.6 Å². The highest BCUT2D eigenvalue weighted by atomic mass is 127. The maximum atomic E-state index is 5.40. The normalized spacial score (nSPS) is 15.3. The molecule has 7 heteroatoms. The maximum Gasteiger partial charge on any atom is 0.191 e. The fourth-order valence-electron chi connectivity index (χ4n) is 3.11. The lowest BCUT2D eigenvalue weighted by Crippen LogP contribution is -2.48. The molecule has 142 valence electrons. The lowest BCUT2D eigenvalue weighted by molar-refractivity contribution is 0.409. The molecule has 26 heavy (non-hydrogen) atoms. The second kappa shape index (κ2) is 10.6. The Morgan fingerprint density at radius 1 is 1.23 bits per heavy atom. The van der Waals surface area contributed by atoms with Gasteiger partial charge in [0.15, 0.2) is 5.96 Å². The van der Waals surface area contributed by atoms with Gasteiger partial charge in [0.2, 0.25) is 0 Å². The molecule has 0 atom stereocenters. The first-order valence-corrected chi connectivity index (χ1v) is 9.55. The first-order chi connectivity index (χ1) is 12.3. The Hall–Kier alpha value is -1.48. The number of nitrogens with one attached hydrogen (secondary N) is 2. The summed E-state index contributed by atoms with van der Waals surface area (Å²) in [6.07, 6.45) is 2.24. The number of hydrogen-bond acceptors (Lipinski definition) is 4. The van der Waals surface area contributed by atoms with Crippen LogP contribution >= 0.6 is 35.3 Å². The smallest absolute Gasteiger partial charge is 0.191 e. The summed E-state index contributed by atoms with van der Waals surface area (Å²) in [7, 11) is 3.52. The number of ether oxygens (including phenoxy) is 1. The Labute approximate surface area is 176 Å². The molecule has 5 nitrogen and oxygen atoms in total. The molecule has 0 spiro atoms. The third-order valence-corrected chi connectivity index (χ3v) is 5.45. The van der Waals surface area contributed by atoms with Gasteiger partial charge in [-0.05, 0) is 36.4 Å². The number of aliphatic imine (C=N–C) groups is 1. The molecule has 0 radical (unpaired) electrons. The summed E-state index contributed by atoms with van der Waals surface area (Å²) in [5.41, 5.74) is 1.13. The van der Waals surface area contributed by atoms with Crippen molar-refractivity contribution in [3.05, 3.63) is 47.3 Å². The van der Waals surface area contributed by atoms with Crippen molar-refractivity contribution in [2.75, 3.05) is 32.1 Å². The number of methoxy groups -OCH3 is 1. The van der Waals surface area contributed by atoms with Gasteiger partial charge in [-0.15, -0.1) is 35.3 Å². The van der Waals surface area contributed by atoms with Crippen LogP contribution in [0.1, 0.15) is 18.4 Å². The minimum absolute atomic E-state index is 0. The minimum atomic E-state index is 0. The van der Waals surface area contributed by atoms with Crippen molar-refractivity contribution < 1.29 is 4.74 Å². The van der Waals surface area contributed by atoms with E-state index in [2.05, 4.69) is 44.1 Å². The van der Waals surface area contributed by atoms with Crippen molar-refractivity contribution in [1.82, 2.24) is 10.6 Å². The van der Waals surface area contributed by atoms with Gasteiger partial charge < -0.3 is 20.3 Å². The highest BCUT2D eigenvalue weighted by Crippen LogP contribution is 2.24. The van der Waals surface area contributed by atoms with Gasteiger partial charge in [-0.2, -0.15) is 0 Å². The highest BCUT2D eigenvalue weighted by molar-refractivity contribution is 14.0. The SMILES string of the molecule is CN=C(NCc1ccccc1OC)NC1CCN(c2cccs2)CC1.I. The summed E-state index contributed by atoms with van der Waals surface area (Å²) in [5.74, 6) is 1.75. The lowest BCUT2D eigenvalue weighted by Gasteiger charge is -2.33. The maximum absolute atomic E-state index is 5.40. The van der Waals surface area contributed by atoms with Gasteiger partial charge in [0.1, 0.15) is 5.75 Å².